The van der Waals surface area contributed by atoms with Gasteiger partial charge in [0.1, 0.15) is 10.6 Å². The Kier molecular flexibility index (Phi) is 5.01. The number of rotatable bonds is 4. The number of thiophene rings is 1. The molecule has 4 rings (SSSR count). The van der Waals surface area contributed by atoms with E-state index >= 15 is 0 Å². The van der Waals surface area contributed by atoms with Crippen LogP contribution < -0.4 is 5.56 Å². The molecule has 1 aliphatic heterocycles. The van der Waals surface area contributed by atoms with Crippen LogP contribution in [-0.4, -0.2) is 39.2 Å². The van der Waals surface area contributed by atoms with E-state index in [9.17, 15) is 14.0 Å². The fraction of sp³-hybridized carbons (Fsp3) is 0.316. The van der Waals surface area contributed by atoms with Gasteiger partial charge in [0.2, 0.25) is 5.91 Å². The highest BCUT2D eigenvalue weighted by Crippen LogP contribution is 2.32. The van der Waals surface area contributed by atoms with E-state index in [1.54, 1.807) is 19.2 Å². The number of carbonyl (C=O) groups excluding carboxylic acids is 1. The van der Waals surface area contributed by atoms with Crippen LogP contribution in [0, 0.1) is 5.82 Å². The van der Waals surface area contributed by atoms with Crippen LogP contribution in [0.15, 0.2) is 39.6 Å². The van der Waals surface area contributed by atoms with Crippen LogP contribution in [0.2, 0.25) is 0 Å². The normalized spacial score (nSPS) is 14.2. The lowest BCUT2D eigenvalue weighted by Gasteiger charge is -2.15. The first kappa shape index (κ1) is 18.2. The van der Waals surface area contributed by atoms with Crippen molar-refractivity contribution >= 4 is 39.2 Å². The van der Waals surface area contributed by atoms with Gasteiger partial charge >= 0.3 is 0 Å². The number of amides is 1. The fourth-order valence-electron chi connectivity index (χ4n) is 3.21. The van der Waals surface area contributed by atoms with Gasteiger partial charge in [-0.25, -0.2) is 9.37 Å². The highest BCUT2D eigenvalue weighted by Gasteiger charge is 2.20. The number of likely N-dealkylation sites (tertiary alicyclic amines) is 1. The zero-order valence-corrected chi connectivity index (χ0v) is 16.4. The van der Waals surface area contributed by atoms with Crippen LogP contribution in [-0.2, 0) is 11.8 Å². The van der Waals surface area contributed by atoms with E-state index in [0.717, 1.165) is 37.1 Å². The number of hydrogen-bond acceptors (Lipinski definition) is 5. The monoisotopic (exact) mass is 403 g/mol. The summed E-state index contributed by atoms with van der Waals surface area (Å²) in [4.78, 5) is 32.3. The Morgan fingerprint density at radius 1 is 1.26 bits per heavy atom. The molecule has 0 bridgehead atoms. The van der Waals surface area contributed by atoms with Crippen molar-refractivity contribution in [1.29, 1.82) is 0 Å². The van der Waals surface area contributed by atoms with E-state index in [1.807, 2.05) is 10.3 Å². The molecule has 0 N–H and O–H groups in total. The highest BCUT2D eigenvalue weighted by atomic mass is 32.2. The Morgan fingerprint density at radius 2 is 1.96 bits per heavy atom. The molecule has 2 aromatic heterocycles. The van der Waals surface area contributed by atoms with Gasteiger partial charge in [-0.1, -0.05) is 23.9 Å². The minimum Gasteiger partial charge on any atom is -0.342 e. The molecule has 27 heavy (non-hydrogen) atoms. The van der Waals surface area contributed by atoms with Gasteiger partial charge in [0.05, 0.1) is 11.1 Å². The van der Waals surface area contributed by atoms with Gasteiger partial charge < -0.3 is 4.90 Å². The van der Waals surface area contributed by atoms with Crippen molar-refractivity contribution in [3.05, 3.63) is 45.8 Å². The van der Waals surface area contributed by atoms with Crippen LogP contribution in [0.4, 0.5) is 4.39 Å². The Balaban J connectivity index is 1.64. The summed E-state index contributed by atoms with van der Waals surface area (Å²) in [5.74, 6) is 0.0535. The Morgan fingerprint density at radius 3 is 2.67 bits per heavy atom. The zero-order valence-electron chi connectivity index (χ0n) is 14.8. The minimum atomic E-state index is -0.314. The van der Waals surface area contributed by atoms with Crippen LogP contribution >= 0.6 is 23.1 Å². The SMILES string of the molecule is Cn1c(SCC(=O)N2CCCC2)nc2scc(-c3ccc(F)cc3)c2c1=O. The van der Waals surface area contributed by atoms with Gasteiger partial charge in [0.15, 0.2) is 5.16 Å². The van der Waals surface area contributed by atoms with Crippen molar-refractivity contribution in [1.82, 2.24) is 14.5 Å². The first-order valence-electron chi connectivity index (χ1n) is 8.69. The smallest absolute Gasteiger partial charge is 0.263 e. The predicted molar refractivity (Wildman–Crippen MR) is 107 cm³/mol. The maximum Gasteiger partial charge on any atom is 0.263 e. The number of fused-ring (bicyclic) bond motifs is 1. The van der Waals surface area contributed by atoms with Crippen molar-refractivity contribution in [2.24, 2.45) is 7.05 Å². The largest absolute Gasteiger partial charge is 0.342 e. The lowest BCUT2D eigenvalue weighted by Crippen LogP contribution is -2.29. The van der Waals surface area contributed by atoms with E-state index in [4.69, 9.17) is 0 Å². The third-order valence-corrected chi connectivity index (χ3v) is 6.60. The second-order valence-corrected chi connectivity index (χ2v) is 8.27. The summed E-state index contributed by atoms with van der Waals surface area (Å²) in [5, 5.41) is 2.94. The summed E-state index contributed by atoms with van der Waals surface area (Å²) in [5.41, 5.74) is 1.38. The number of benzene rings is 1. The number of carbonyl (C=O) groups is 1. The van der Waals surface area contributed by atoms with E-state index in [1.165, 1.54) is 39.8 Å². The average Bonchev–Trinajstić information content (AvgIpc) is 3.34. The molecule has 0 aliphatic carbocycles. The Labute approximate surface area is 163 Å². The third-order valence-electron chi connectivity index (χ3n) is 4.71. The molecule has 3 heterocycles. The summed E-state index contributed by atoms with van der Waals surface area (Å²) in [6.45, 7) is 1.63. The second-order valence-electron chi connectivity index (χ2n) is 6.47. The van der Waals surface area contributed by atoms with Crippen LogP contribution in [0.25, 0.3) is 21.3 Å². The highest BCUT2D eigenvalue weighted by molar-refractivity contribution is 7.99. The molecule has 0 saturated carbocycles. The molecule has 1 saturated heterocycles. The van der Waals surface area contributed by atoms with Gasteiger partial charge in [-0.15, -0.1) is 11.3 Å². The maximum absolute atomic E-state index is 13.2. The average molecular weight is 404 g/mol. The van der Waals surface area contributed by atoms with Crippen molar-refractivity contribution in [2.45, 2.75) is 18.0 Å². The molecular formula is C19H18FN3O2S2. The molecule has 1 fully saturated rings. The van der Waals surface area contributed by atoms with E-state index in [-0.39, 0.29) is 23.0 Å². The minimum absolute atomic E-state index is 0.0880. The molecule has 3 aromatic rings. The number of halogens is 1. The maximum atomic E-state index is 13.2. The molecule has 1 aliphatic rings. The van der Waals surface area contributed by atoms with Crippen molar-refractivity contribution in [2.75, 3.05) is 18.8 Å². The molecular weight excluding hydrogens is 385 g/mol. The molecule has 5 nitrogen and oxygen atoms in total. The van der Waals surface area contributed by atoms with Gasteiger partial charge in [-0.05, 0) is 30.5 Å². The van der Waals surface area contributed by atoms with Gasteiger partial charge in [0, 0.05) is 31.1 Å². The summed E-state index contributed by atoms with van der Waals surface area (Å²) < 4.78 is 14.7. The standard InChI is InChI=1S/C19H18FN3O2S2/c1-22-18(25)16-14(12-4-6-13(20)7-5-12)10-26-17(16)21-19(22)27-11-15(24)23-8-2-3-9-23/h4-7,10H,2-3,8-9,11H2,1H3. The van der Waals surface area contributed by atoms with Crippen LogP contribution in [0.3, 0.4) is 0 Å². The molecule has 0 spiro atoms. The van der Waals surface area contributed by atoms with Gasteiger partial charge in [-0.2, -0.15) is 0 Å². The summed E-state index contributed by atoms with van der Waals surface area (Å²) >= 11 is 2.68. The molecule has 140 valence electrons. The Bertz CT molecular complexity index is 1050. The molecule has 1 aromatic carbocycles. The zero-order chi connectivity index (χ0) is 19.0. The summed E-state index contributed by atoms with van der Waals surface area (Å²) in [6, 6.07) is 6.08. The van der Waals surface area contributed by atoms with Crippen molar-refractivity contribution in [3.63, 3.8) is 0 Å². The van der Waals surface area contributed by atoms with Gasteiger partial charge in [-0.3, -0.25) is 14.2 Å². The van der Waals surface area contributed by atoms with E-state index < -0.39 is 0 Å². The first-order valence-corrected chi connectivity index (χ1v) is 10.6. The fourth-order valence-corrected chi connectivity index (χ4v) is 5.07. The molecule has 8 heteroatoms. The van der Waals surface area contributed by atoms with Crippen LogP contribution in [0.1, 0.15) is 12.8 Å². The topological polar surface area (TPSA) is 55.2 Å². The summed E-state index contributed by atoms with van der Waals surface area (Å²) in [7, 11) is 1.67. The number of aromatic nitrogens is 2. The first-order chi connectivity index (χ1) is 13.0. The van der Waals surface area contributed by atoms with Gasteiger partial charge in [0.25, 0.3) is 5.56 Å². The molecule has 0 atom stereocenters. The molecule has 0 radical (unpaired) electrons. The molecule has 0 unspecified atom stereocenters. The van der Waals surface area contributed by atoms with Crippen LogP contribution in [0.5, 0.6) is 0 Å². The van der Waals surface area contributed by atoms with E-state index in [2.05, 4.69) is 4.98 Å². The number of nitrogens with zero attached hydrogens (tertiary/aromatic N) is 3. The second kappa shape index (κ2) is 7.44. The molecule has 1 amide bonds. The lowest BCUT2D eigenvalue weighted by atomic mass is 10.1. The third kappa shape index (κ3) is 3.51. The number of hydrogen-bond donors (Lipinski definition) is 0. The summed E-state index contributed by atoms with van der Waals surface area (Å²) in [6.07, 6.45) is 2.11. The quantitative estimate of drug-likeness (QED) is 0.494. The predicted octanol–water partition coefficient (Wildman–Crippen LogP) is 3.52. The van der Waals surface area contributed by atoms with Crippen molar-refractivity contribution in [3.8, 4) is 11.1 Å². The number of thioether (sulfide) groups is 1. The lowest BCUT2D eigenvalue weighted by molar-refractivity contribution is -0.127. The Hall–Kier alpha value is -2.19. The van der Waals surface area contributed by atoms with Crippen molar-refractivity contribution < 1.29 is 9.18 Å². The van der Waals surface area contributed by atoms with E-state index in [0.29, 0.717) is 15.4 Å².